The molecule has 2 aromatic carbocycles. The third-order valence-corrected chi connectivity index (χ3v) is 5.18. The van der Waals surface area contributed by atoms with E-state index in [0.29, 0.717) is 10.7 Å². The normalized spacial score (nSPS) is 11.7. The third kappa shape index (κ3) is 4.99. The Kier molecular flexibility index (Phi) is 5.98. The first kappa shape index (κ1) is 19.2. The fourth-order valence-corrected chi connectivity index (χ4v) is 3.34. The lowest BCUT2D eigenvalue weighted by Gasteiger charge is -2.12. The van der Waals surface area contributed by atoms with E-state index >= 15 is 0 Å². The van der Waals surface area contributed by atoms with Crippen LogP contribution in [0.4, 0.5) is 5.13 Å². The van der Waals surface area contributed by atoms with Gasteiger partial charge in [0.1, 0.15) is 11.0 Å². The van der Waals surface area contributed by atoms with Crippen molar-refractivity contribution in [3.63, 3.8) is 0 Å². The van der Waals surface area contributed by atoms with E-state index in [4.69, 9.17) is 0 Å². The number of amides is 2. The Labute approximate surface area is 169 Å². The lowest BCUT2D eigenvalue weighted by molar-refractivity contribution is -0.117. The average Bonchev–Trinajstić information content (AvgIpc) is 3.10. The van der Waals surface area contributed by atoms with Gasteiger partial charge in [0.15, 0.2) is 0 Å². The summed E-state index contributed by atoms with van der Waals surface area (Å²) in [5.74, 6) is -0.671. The monoisotopic (exact) mass is 444 g/mol. The summed E-state index contributed by atoms with van der Waals surface area (Å²) in [5.41, 5.74) is 2.55. The maximum absolute atomic E-state index is 12.3. The molecule has 1 atom stereocenters. The highest BCUT2D eigenvalue weighted by atomic mass is 79.9. The average molecular weight is 445 g/mol. The van der Waals surface area contributed by atoms with Crippen molar-refractivity contribution >= 4 is 44.2 Å². The van der Waals surface area contributed by atoms with E-state index in [0.717, 1.165) is 20.6 Å². The molecular formula is C19H17BrN4O2S. The molecule has 0 radical (unpaired) electrons. The Morgan fingerprint density at radius 2 is 1.85 bits per heavy atom. The zero-order valence-electron chi connectivity index (χ0n) is 14.7. The Hall–Kier alpha value is -2.58. The SMILES string of the molecule is Cc1cccc(-c2nnc(NC(=O)C(C)NC(=O)c3ccc(Br)cc3)s2)c1. The van der Waals surface area contributed by atoms with Crippen LogP contribution in [0.15, 0.2) is 53.0 Å². The molecule has 138 valence electrons. The van der Waals surface area contributed by atoms with Gasteiger partial charge in [-0.3, -0.25) is 14.9 Å². The van der Waals surface area contributed by atoms with Crippen molar-refractivity contribution in [3.05, 3.63) is 64.1 Å². The van der Waals surface area contributed by atoms with Crippen LogP contribution in [0.5, 0.6) is 0 Å². The Balaban J connectivity index is 1.61. The van der Waals surface area contributed by atoms with Crippen LogP contribution in [-0.2, 0) is 4.79 Å². The molecule has 8 heteroatoms. The largest absolute Gasteiger partial charge is 0.341 e. The number of carbonyl (C=O) groups is 2. The van der Waals surface area contributed by atoms with Crippen LogP contribution in [0, 0.1) is 6.92 Å². The highest BCUT2D eigenvalue weighted by Gasteiger charge is 2.18. The zero-order chi connectivity index (χ0) is 19.4. The molecule has 1 aromatic heterocycles. The molecule has 2 amide bonds. The first-order valence-corrected chi connectivity index (χ1v) is 9.81. The topological polar surface area (TPSA) is 84.0 Å². The van der Waals surface area contributed by atoms with Gasteiger partial charge in [0.2, 0.25) is 11.0 Å². The first-order chi connectivity index (χ1) is 12.9. The van der Waals surface area contributed by atoms with E-state index < -0.39 is 6.04 Å². The molecule has 3 rings (SSSR count). The lowest BCUT2D eigenvalue weighted by Crippen LogP contribution is -2.41. The summed E-state index contributed by atoms with van der Waals surface area (Å²) in [6, 6.07) is 14.1. The van der Waals surface area contributed by atoms with Crippen molar-refractivity contribution in [2.24, 2.45) is 0 Å². The van der Waals surface area contributed by atoms with E-state index in [-0.39, 0.29) is 11.8 Å². The number of halogens is 1. The van der Waals surface area contributed by atoms with Crippen molar-refractivity contribution in [3.8, 4) is 10.6 Å². The number of aryl methyl sites for hydroxylation is 1. The van der Waals surface area contributed by atoms with Crippen LogP contribution in [0.3, 0.4) is 0 Å². The number of carbonyl (C=O) groups excluding carboxylic acids is 2. The number of benzene rings is 2. The van der Waals surface area contributed by atoms with Gasteiger partial charge in [0.25, 0.3) is 5.91 Å². The molecule has 0 aliphatic carbocycles. The molecule has 0 spiro atoms. The second kappa shape index (κ2) is 8.41. The van der Waals surface area contributed by atoms with E-state index in [1.807, 2.05) is 31.2 Å². The fourth-order valence-electron chi connectivity index (χ4n) is 2.33. The van der Waals surface area contributed by atoms with Gasteiger partial charge in [-0.15, -0.1) is 10.2 Å². The molecule has 1 heterocycles. The van der Waals surface area contributed by atoms with E-state index in [1.165, 1.54) is 11.3 Å². The number of rotatable bonds is 5. The van der Waals surface area contributed by atoms with Crippen LogP contribution in [0.1, 0.15) is 22.8 Å². The summed E-state index contributed by atoms with van der Waals surface area (Å²) >= 11 is 4.61. The maximum Gasteiger partial charge on any atom is 0.251 e. The van der Waals surface area contributed by atoms with Crippen molar-refractivity contribution in [1.82, 2.24) is 15.5 Å². The number of anilines is 1. The minimum atomic E-state index is -0.715. The van der Waals surface area contributed by atoms with Crippen LogP contribution in [-0.4, -0.2) is 28.1 Å². The summed E-state index contributed by atoms with van der Waals surface area (Å²) in [6.45, 7) is 3.62. The molecular weight excluding hydrogens is 428 g/mol. The molecule has 0 saturated carbocycles. The molecule has 6 nitrogen and oxygen atoms in total. The van der Waals surface area contributed by atoms with Crippen LogP contribution in [0.25, 0.3) is 10.6 Å². The van der Waals surface area contributed by atoms with Gasteiger partial charge in [0, 0.05) is 15.6 Å². The number of nitrogens with one attached hydrogen (secondary N) is 2. The Morgan fingerprint density at radius 1 is 1.11 bits per heavy atom. The van der Waals surface area contributed by atoms with Gasteiger partial charge in [-0.25, -0.2) is 0 Å². The minimum absolute atomic E-state index is 0.317. The van der Waals surface area contributed by atoms with Crippen LogP contribution >= 0.6 is 27.3 Å². The molecule has 0 aliphatic rings. The minimum Gasteiger partial charge on any atom is -0.341 e. The third-order valence-electron chi connectivity index (χ3n) is 3.77. The van der Waals surface area contributed by atoms with Gasteiger partial charge in [0.05, 0.1) is 0 Å². The zero-order valence-corrected chi connectivity index (χ0v) is 17.1. The molecule has 0 saturated heterocycles. The Bertz CT molecular complexity index is 972. The van der Waals surface area contributed by atoms with Gasteiger partial charge >= 0.3 is 0 Å². The van der Waals surface area contributed by atoms with Gasteiger partial charge in [-0.05, 0) is 44.2 Å². The predicted octanol–water partition coefficient (Wildman–Crippen LogP) is 4.03. The second-order valence-electron chi connectivity index (χ2n) is 5.97. The lowest BCUT2D eigenvalue weighted by atomic mass is 10.1. The molecule has 27 heavy (non-hydrogen) atoms. The van der Waals surface area contributed by atoms with Gasteiger partial charge in [-0.2, -0.15) is 0 Å². The number of hydrogen-bond donors (Lipinski definition) is 2. The predicted molar refractivity (Wildman–Crippen MR) is 110 cm³/mol. The number of nitrogens with zero attached hydrogens (tertiary/aromatic N) is 2. The Morgan fingerprint density at radius 3 is 2.56 bits per heavy atom. The van der Waals surface area contributed by atoms with E-state index in [2.05, 4.69) is 36.8 Å². The van der Waals surface area contributed by atoms with Gasteiger partial charge in [-0.1, -0.05) is 51.0 Å². The van der Waals surface area contributed by atoms with Crippen molar-refractivity contribution in [1.29, 1.82) is 0 Å². The summed E-state index contributed by atoms with van der Waals surface area (Å²) in [4.78, 5) is 24.6. The van der Waals surface area contributed by atoms with Crippen LogP contribution in [0.2, 0.25) is 0 Å². The molecule has 0 aliphatic heterocycles. The summed E-state index contributed by atoms with van der Waals surface area (Å²) in [7, 11) is 0. The standard InChI is InChI=1S/C19H17BrN4O2S/c1-11-4-3-5-14(10-11)18-23-24-19(27-18)22-16(25)12(2)21-17(26)13-6-8-15(20)9-7-13/h3-10,12H,1-2H3,(H,21,26)(H,22,24,25). The quantitative estimate of drug-likeness (QED) is 0.621. The number of hydrogen-bond acceptors (Lipinski definition) is 5. The van der Waals surface area contributed by atoms with Crippen molar-refractivity contribution in [2.75, 3.05) is 5.32 Å². The fraction of sp³-hybridized carbons (Fsp3) is 0.158. The van der Waals surface area contributed by atoms with E-state index in [1.54, 1.807) is 31.2 Å². The summed E-state index contributed by atoms with van der Waals surface area (Å²) < 4.78 is 0.880. The molecule has 0 fully saturated rings. The summed E-state index contributed by atoms with van der Waals surface area (Å²) in [6.07, 6.45) is 0. The first-order valence-electron chi connectivity index (χ1n) is 8.20. The number of aromatic nitrogens is 2. The van der Waals surface area contributed by atoms with Crippen molar-refractivity contribution in [2.45, 2.75) is 19.9 Å². The van der Waals surface area contributed by atoms with Crippen LogP contribution < -0.4 is 10.6 Å². The molecule has 2 N–H and O–H groups in total. The molecule has 3 aromatic rings. The van der Waals surface area contributed by atoms with E-state index in [9.17, 15) is 9.59 Å². The molecule has 0 bridgehead atoms. The van der Waals surface area contributed by atoms with Gasteiger partial charge < -0.3 is 5.32 Å². The summed E-state index contributed by atoms with van der Waals surface area (Å²) in [5, 5.41) is 14.6. The van der Waals surface area contributed by atoms with Crippen molar-refractivity contribution < 1.29 is 9.59 Å². The molecule has 1 unspecified atom stereocenters. The smallest absolute Gasteiger partial charge is 0.251 e. The second-order valence-corrected chi connectivity index (χ2v) is 7.87. The highest BCUT2D eigenvalue weighted by Crippen LogP contribution is 2.26. The highest BCUT2D eigenvalue weighted by molar-refractivity contribution is 9.10. The maximum atomic E-state index is 12.3.